The molecule has 10 heteroatoms. The van der Waals surface area contributed by atoms with Crippen LogP contribution in [0.4, 0.5) is 18.9 Å². The van der Waals surface area contributed by atoms with Gasteiger partial charge >= 0.3 is 6.18 Å². The van der Waals surface area contributed by atoms with Crippen molar-refractivity contribution in [3.05, 3.63) is 46.8 Å². The molecule has 0 spiro atoms. The number of aliphatic hydroxyl groups is 1. The predicted molar refractivity (Wildman–Crippen MR) is 94.8 cm³/mol. The molecule has 0 saturated heterocycles. The van der Waals surface area contributed by atoms with Gasteiger partial charge in [0.1, 0.15) is 4.21 Å². The number of anilines is 1. The maximum absolute atomic E-state index is 12.9. The minimum Gasteiger partial charge on any atom is -0.384 e. The summed E-state index contributed by atoms with van der Waals surface area (Å²) in [5, 5.41) is 14.3. The van der Waals surface area contributed by atoms with E-state index in [-0.39, 0.29) is 22.9 Å². The largest absolute Gasteiger partial charge is 0.421 e. The fourth-order valence-electron chi connectivity index (χ4n) is 2.20. The van der Waals surface area contributed by atoms with Gasteiger partial charge in [-0.15, -0.1) is 11.3 Å². The molecular formula is C16H19F3N2O3S2. The van der Waals surface area contributed by atoms with Crippen LogP contribution < -0.4 is 10.0 Å². The number of sulfonamides is 1. The van der Waals surface area contributed by atoms with Gasteiger partial charge in [-0.05, 0) is 42.5 Å². The van der Waals surface area contributed by atoms with Gasteiger partial charge in [-0.2, -0.15) is 13.2 Å². The lowest BCUT2D eigenvalue weighted by Crippen LogP contribution is -2.39. The topological polar surface area (TPSA) is 78.4 Å². The molecule has 26 heavy (non-hydrogen) atoms. The minimum atomic E-state index is -4.78. The summed E-state index contributed by atoms with van der Waals surface area (Å²) in [5.74, 6) is 0. The third-order valence-electron chi connectivity index (χ3n) is 3.83. The highest BCUT2D eigenvalue weighted by molar-refractivity contribution is 7.91. The van der Waals surface area contributed by atoms with E-state index < -0.39 is 21.8 Å². The maximum Gasteiger partial charge on any atom is 0.421 e. The molecule has 144 valence electrons. The summed E-state index contributed by atoms with van der Waals surface area (Å²) in [6.07, 6.45) is -4.78. The highest BCUT2D eigenvalue weighted by atomic mass is 32.2. The van der Waals surface area contributed by atoms with E-state index in [9.17, 15) is 26.7 Å². The highest BCUT2D eigenvalue weighted by Gasteiger charge is 2.51. The van der Waals surface area contributed by atoms with Crippen molar-refractivity contribution in [2.45, 2.75) is 29.8 Å². The van der Waals surface area contributed by atoms with E-state index >= 15 is 0 Å². The molecule has 0 fully saturated rings. The first-order chi connectivity index (χ1) is 11.9. The number of hydrogen-bond acceptors (Lipinski definition) is 5. The number of thiophene rings is 1. The second-order valence-corrected chi connectivity index (χ2v) is 8.80. The fraction of sp³-hybridized carbons (Fsp3) is 0.375. The monoisotopic (exact) mass is 408 g/mol. The molecule has 0 amide bonds. The summed E-state index contributed by atoms with van der Waals surface area (Å²) in [7, 11) is -3.55. The van der Waals surface area contributed by atoms with Gasteiger partial charge in [-0.25, -0.2) is 13.1 Å². The quantitative estimate of drug-likeness (QED) is 0.615. The summed E-state index contributed by atoms with van der Waals surface area (Å²) in [6, 6.07) is 7.01. The van der Waals surface area contributed by atoms with E-state index in [2.05, 4.69) is 10.0 Å². The van der Waals surface area contributed by atoms with E-state index in [1.807, 2.05) is 0 Å². The molecule has 2 rings (SSSR count). The van der Waals surface area contributed by atoms with Gasteiger partial charge in [-0.1, -0.05) is 18.2 Å². The van der Waals surface area contributed by atoms with Crippen LogP contribution >= 0.6 is 11.3 Å². The van der Waals surface area contributed by atoms with Crippen LogP contribution in [0.1, 0.15) is 18.1 Å². The molecule has 0 bridgehead atoms. The summed E-state index contributed by atoms with van der Waals surface area (Å²) in [4.78, 5) is 0. The fourth-order valence-corrected chi connectivity index (χ4v) is 4.27. The average molecular weight is 408 g/mol. The Morgan fingerprint density at radius 3 is 2.42 bits per heavy atom. The van der Waals surface area contributed by atoms with E-state index in [4.69, 9.17) is 0 Å². The summed E-state index contributed by atoms with van der Waals surface area (Å²) >= 11 is 1.11. The first-order valence-electron chi connectivity index (χ1n) is 7.62. The van der Waals surface area contributed by atoms with Crippen molar-refractivity contribution in [2.24, 2.45) is 0 Å². The Morgan fingerprint density at radius 1 is 1.19 bits per heavy atom. The smallest absolute Gasteiger partial charge is 0.384 e. The van der Waals surface area contributed by atoms with E-state index in [0.29, 0.717) is 18.2 Å². The van der Waals surface area contributed by atoms with Gasteiger partial charge in [0, 0.05) is 18.8 Å². The lowest BCUT2D eigenvalue weighted by molar-refractivity contribution is -0.258. The number of halogens is 3. The van der Waals surface area contributed by atoms with Crippen LogP contribution in [0.15, 0.2) is 39.9 Å². The molecular weight excluding hydrogens is 389 g/mol. The minimum absolute atomic E-state index is 0.113. The molecule has 5 nitrogen and oxygen atoms in total. The maximum atomic E-state index is 12.9. The van der Waals surface area contributed by atoms with Gasteiger partial charge in [0.2, 0.25) is 10.0 Å². The summed E-state index contributed by atoms with van der Waals surface area (Å²) < 4.78 is 65.3. The SMILES string of the molecule is Cc1cc(C(C)(O)C(F)(F)F)ccc1NCCNS(=O)(=O)c1cccs1. The molecule has 1 unspecified atom stereocenters. The van der Waals surface area contributed by atoms with Crippen LogP contribution in [0.3, 0.4) is 0 Å². The molecule has 1 aromatic heterocycles. The van der Waals surface area contributed by atoms with Crippen molar-refractivity contribution in [1.82, 2.24) is 4.72 Å². The Morgan fingerprint density at radius 2 is 1.88 bits per heavy atom. The third-order valence-corrected chi connectivity index (χ3v) is 6.69. The van der Waals surface area contributed by atoms with Gasteiger partial charge in [0.05, 0.1) is 0 Å². The Kier molecular flexibility index (Phi) is 6.01. The first-order valence-corrected chi connectivity index (χ1v) is 9.99. The Labute approximate surface area is 153 Å². The Hall–Kier alpha value is -1.62. The van der Waals surface area contributed by atoms with Gasteiger partial charge in [0.25, 0.3) is 0 Å². The van der Waals surface area contributed by atoms with Crippen molar-refractivity contribution in [2.75, 3.05) is 18.4 Å². The predicted octanol–water partition coefficient (Wildman–Crippen LogP) is 3.22. The Bertz CT molecular complexity index is 848. The van der Waals surface area contributed by atoms with E-state index in [1.54, 1.807) is 18.4 Å². The number of alkyl halides is 3. The third kappa shape index (κ3) is 4.56. The molecule has 3 N–H and O–H groups in total. The molecule has 0 saturated carbocycles. The Balaban J connectivity index is 1.97. The first kappa shape index (κ1) is 20.7. The van der Waals surface area contributed by atoms with Crippen LogP contribution in [0.5, 0.6) is 0 Å². The second-order valence-electron chi connectivity index (χ2n) is 5.86. The van der Waals surface area contributed by atoms with Crippen LogP contribution in [-0.4, -0.2) is 32.8 Å². The number of rotatable bonds is 7. The van der Waals surface area contributed by atoms with Crippen LogP contribution in [0.2, 0.25) is 0 Å². The van der Waals surface area contributed by atoms with Crippen molar-refractivity contribution >= 4 is 27.0 Å². The lowest BCUT2D eigenvalue weighted by Gasteiger charge is -2.27. The zero-order valence-corrected chi connectivity index (χ0v) is 15.7. The molecule has 1 atom stereocenters. The number of aryl methyl sites for hydroxylation is 1. The number of nitrogens with one attached hydrogen (secondary N) is 2. The van der Waals surface area contributed by atoms with Gasteiger partial charge < -0.3 is 10.4 Å². The molecule has 2 aromatic rings. The zero-order chi connectivity index (χ0) is 19.6. The molecule has 0 aliphatic rings. The zero-order valence-electron chi connectivity index (χ0n) is 14.1. The van der Waals surface area contributed by atoms with Crippen molar-refractivity contribution < 1.29 is 26.7 Å². The van der Waals surface area contributed by atoms with Crippen LogP contribution in [0.25, 0.3) is 0 Å². The molecule has 0 aliphatic carbocycles. The van der Waals surface area contributed by atoms with E-state index in [1.165, 1.54) is 24.3 Å². The summed E-state index contributed by atoms with van der Waals surface area (Å²) in [5.41, 5.74) is -2.13. The molecule has 1 aromatic carbocycles. The van der Waals surface area contributed by atoms with Gasteiger partial charge in [0.15, 0.2) is 5.60 Å². The van der Waals surface area contributed by atoms with Crippen LogP contribution in [0, 0.1) is 6.92 Å². The molecule has 0 aliphatic heterocycles. The lowest BCUT2D eigenvalue weighted by atomic mass is 9.93. The van der Waals surface area contributed by atoms with E-state index in [0.717, 1.165) is 11.3 Å². The standard InChI is InChI=1S/C16H19F3N2O3S2/c1-11-10-12(15(2,22)16(17,18)19)5-6-13(11)20-7-8-21-26(23,24)14-4-3-9-25-14/h3-6,9-10,20-22H,7-8H2,1-2H3. The van der Waals surface area contributed by atoms with Crippen LogP contribution in [-0.2, 0) is 15.6 Å². The molecule has 0 radical (unpaired) electrons. The van der Waals surface area contributed by atoms with Crippen molar-refractivity contribution in [3.63, 3.8) is 0 Å². The van der Waals surface area contributed by atoms with Crippen molar-refractivity contribution in [1.29, 1.82) is 0 Å². The van der Waals surface area contributed by atoms with Gasteiger partial charge in [-0.3, -0.25) is 0 Å². The number of hydrogen-bond donors (Lipinski definition) is 3. The highest BCUT2D eigenvalue weighted by Crippen LogP contribution is 2.39. The molecule has 1 heterocycles. The van der Waals surface area contributed by atoms with Crippen molar-refractivity contribution in [3.8, 4) is 0 Å². The average Bonchev–Trinajstić information content (AvgIpc) is 3.06. The summed E-state index contributed by atoms with van der Waals surface area (Å²) in [6.45, 7) is 2.67. The normalized spacial score (nSPS) is 14.8. The second kappa shape index (κ2) is 7.55. The number of benzene rings is 1.